The summed E-state index contributed by atoms with van der Waals surface area (Å²) in [5.74, 6) is -0.116. The molecule has 11 heteroatoms. The highest BCUT2D eigenvalue weighted by molar-refractivity contribution is 7.92. The van der Waals surface area contributed by atoms with Crippen LogP contribution in [0.3, 0.4) is 0 Å². The van der Waals surface area contributed by atoms with E-state index in [0.29, 0.717) is 26.3 Å². The first-order valence-electron chi connectivity index (χ1n) is 10.8. The minimum Gasteiger partial charge on any atom is -0.483 e. The number of ether oxygens (including phenoxy) is 1. The Balaban J connectivity index is 0.00000108. The molecule has 0 spiro atoms. The zero-order chi connectivity index (χ0) is 25.3. The number of carbonyl (C=O) groups excluding carboxylic acids is 1. The Morgan fingerprint density at radius 1 is 1.11 bits per heavy atom. The van der Waals surface area contributed by atoms with Crippen LogP contribution in [0.25, 0.3) is 0 Å². The zero-order valence-electron chi connectivity index (χ0n) is 19.2. The van der Waals surface area contributed by atoms with Gasteiger partial charge in [-0.1, -0.05) is 60.7 Å². The molecule has 2 aromatic carbocycles. The first-order chi connectivity index (χ1) is 16.8. The normalized spacial score (nSPS) is 13.6. The summed E-state index contributed by atoms with van der Waals surface area (Å²) in [5.41, 5.74) is 2.13. The second kappa shape index (κ2) is 12.4. The molecule has 35 heavy (non-hydrogen) atoms. The molecule has 9 nitrogen and oxygen atoms in total. The number of rotatable bonds is 7. The van der Waals surface area contributed by atoms with E-state index in [1.807, 2.05) is 60.7 Å². The number of amides is 1. The molecule has 0 saturated carbocycles. The van der Waals surface area contributed by atoms with Crippen LogP contribution in [0.5, 0.6) is 0 Å². The van der Waals surface area contributed by atoms with E-state index in [1.165, 1.54) is 11.3 Å². The summed E-state index contributed by atoms with van der Waals surface area (Å²) < 4.78 is 31.5. The van der Waals surface area contributed by atoms with Gasteiger partial charge in [0.25, 0.3) is 6.47 Å². The zero-order valence-corrected chi connectivity index (χ0v) is 20.8. The quantitative estimate of drug-likeness (QED) is 0.479. The third-order valence-electron chi connectivity index (χ3n) is 5.32. The fourth-order valence-electron chi connectivity index (χ4n) is 3.70. The molecule has 0 atom stereocenters. The van der Waals surface area contributed by atoms with E-state index >= 15 is 0 Å². The van der Waals surface area contributed by atoms with Crippen molar-refractivity contribution in [3.63, 3.8) is 0 Å². The van der Waals surface area contributed by atoms with E-state index in [9.17, 15) is 13.2 Å². The molecule has 1 saturated heterocycles. The van der Waals surface area contributed by atoms with Crippen molar-refractivity contribution in [2.24, 2.45) is 0 Å². The summed E-state index contributed by atoms with van der Waals surface area (Å²) in [7, 11) is -3.69. The van der Waals surface area contributed by atoms with E-state index in [0.717, 1.165) is 26.7 Å². The lowest BCUT2D eigenvalue weighted by Gasteiger charge is -2.29. The Bertz CT molecular complexity index is 1160. The van der Waals surface area contributed by atoms with E-state index in [4.69, 9.17) is 19.6 Å². The van der Waals surface area contributed by atoms with Gasteiger partial charge in [0, 0.05) is 18.5 Å². The van der Waals surface area contributed by atoms with Crippen molar-refractivity contribution < 1.29 is 27.9 Å². The van der Waals surface area contributed by atoms with Gasteiger partial charge in [-0.05, 0) is 11.1 Å². The third-order valence-corrected chi connectivity index (χ3v) is 7.34. The number of carboxylic acid groups (broad SMARTS) is 1. The number of nitrogens with zero attached hydrogens (tertiary/aromatic N) is 3. The highest BCUT2D eigenvalue weighted by Crippen LogP contribution is 2.35. The Hall–Kier alpha value is -3.28. The Kier molecular flexibility index (Phi) is 9.35. The van der Waals surface area contributed by atoms with Crippen molar-refractivity contribution >= 4 is 39.6 Å². The summed E-state index contributed by atoms with van der Waals surface area (Å²) in [5, 5.41) is 9.37. The lowest BCUT2D eigenvalue weighted by atomic mass is 9.92. The molecule has 1 fully saturated rings. The SMILES string of the molecule is CS(=O)(=O)N(CC(=O)N1CCOCC1)c1csc(C(c2ccccc2)c2ccccc2)n1.O=CO. The number of hydrogen-bond donors (Lipinski definition) is 1. The van der Waals surface area contributed by atoms with Crippen molar-refractivity contribution in [3.05, 3.63) is 82.2 Å². The molecule has 2 heterocycles. The van der Waals surface area contributed by atoms with Crippen LogP contribution in [0.4, 0.5) is 5.82 Å². The molecule has 0 unspecified atom stereocenters. The maximum absolute atomic E-state index is 12.8. The fraction of sp³-hybridized carbons (Fsp3) is 0.292. The average Bonchev–Trinajstić information content (AvgIpc) is 3.33. The van der Waals surface area contributed by atoms with Gasteiger partial charge in [-0.2, -0.15) is 0 Å². The molecule has 186 valence electrons. The fourth-order valence-corrected chi connectivity index (χ4v) is 5.50. The predicted octanol–water partition coefficient (Wildman–Crippen LogP) is 2.65. The van der Waals surface area contributed by atoms with Crippen LogP contribution in [0.2, 0.25) is 0 Å². The van der Waals surface area contributed by atoms with Crippen molar-refractivity contribution in [3.8, 4) is 0 Å². The lowest BCUT2D eigenvalue weighted by molar-refractivity contribution is -0.133. The van der Waals surface area contributed by atoms with Crippen molar-refractivity contribution in [1.29, 1.82) is 0 Å². The van der Waals surface area contributed by atoms with Gasteiger partial charge in [-0.25, -0.2) is 17.7 Å². The third kappa shape index (κ3) is 7.10. The first kappa shape index (κ1) is 26.3. The summed E-state index contributed by atoms with van der Waals surface area (Å²) in [4.78, 5) is 27.4. The van der Waals surface area contributed by atoms with E-state index in [1.54, 1.807) is 10.3 Å². The van der Waals surface area contributed by atoms with Gasteiger partial charge >= 0.3 is 0 Å². The van der Waals surface area contributed by atoms with Gasteiger partial charge in [0.1, 0.15) is 11.6 Å². The van der Waals surface area contributed by atoms with Crippen molar-refractivity contribution in [2.45, 2.75) is 5.92 Å². The van der Waals surface area contributed by atoms with Crippen molar-refractivity contribution in [2.75, 3.05) is 43.4 Å². The summed E-state index contributed by atoms with van der Waals surface area (Å²) in [6.45, 7) is 1.32. The second-order valence-electron chi connectivity index (χ2n) is 7.67. The van der Waals surface area contributed by atoms with Crippen LogP contribution in [0, 0.1) is 0 Å². The Morgan fingerprint density at radius 2 is 1.63 bits per heavy atom. The molecule has 1 aliphatic heterocycles. The number of thiazole rings is 1. The van der Waals surface area contributed by atoms with E-state index in [-0.39, 0.29) is 30.7 Å². The van der Waals surface area contributed by atoms with Gasteiger partial charge < -0.3 is 14.7 Å². The van der Waals surface area contributed by atoms with Crippen LogP contribution in [0.15, 0.2) is 66.0 Å². The molecule has 3 aromatic rings. The smallest absolute Gasteiger partial charge is 0.290 e. The molecular formula is C24H27N3O6S2. The molecule has 0 radical (unpaired) electrons. The summed E-state index contributed by atoms with van der Waals surface area (Å²) in [6.07, 6.45) is 1.10. The number of hydrogen-bond acceptors (Lipinski definition) is 7. The number of benzene rings is 2. The van der Waals surface area contributed by atoms with Gasteiger partial charge in [0.05, 0.1) is 25.4 Å². The molecule has 0 bridgehead atoms. The minimum absolute atomic E-state index is 0.132. The molecule has 0 aliphatic carbocycles. The number of sulfonamides is 1. The monoisotopic (exact) mass is 517 g/mol. The maximum Gasteiger partial charge on any atom is 0.290 e. The van der Waals surface area contributed by atoms with Crippen molar-refractivity contribution in [1.82, 2.24) is 9.88 Å². The average molecular weight is 518 g/mol. The molecule has 4 rings (SSSR count). The molecule has 1 aromatic heterocycles. The van der Waals surface area contributed by atoms with Crippen LogP contribution >= 0.6 is 11.3 Å². The van der Waals surface area contributed by atoms with Gasteiger partial charge in [-0.15, -0.1) is 11.3 Å². The number of carbonyl (C=O) groups is 2. The molecule has 1 amide bonds. The number of anilines is 1. The first-order valence-corrected chi connectivity index (χ1v) is 13.5. The second-order valence-corrected chi connectivity index (χ2v) is 10.5. The molecule has 1 N–H and O–H groups in total. The van der Waals surface area contributed by atoms with Gasteiger partial charge in [0.2, 0.25) is 15.9 Å². The highest BCUT2D eigenvalue weighted by Gasteiger charge is 2.28. The van der Waals surface area contributed by atoms with Gasteiger partial charge in [0.15, 0.2) is 5.82 Å². The summed E-state index contributed by atoms with van der Waals surface area (Å²) in [6, 6.07) is 20.0. The molecular weight excluding hydrogens is 490 g/mol. The highest BCUT2D eigenvalue weighted by atomic mass is 32.2. The largest absolute Gasteiger partial charge is 0.483 e. The minimum atomic E-state index is -3.69. The lowest BCUT2D eigenvalue weighted by Crippen LogP contribution is -2.47. The Labute approximate surface area is 208 Å². The van der Waals surface area contributed by atoms with Crippen LogP contribution in [-0.2, 0) is 24.3 Å². The standard InChI is InChI=1S/C23H25N3O4S2.CH2O2/c1-32(28,29)26(16-21(27)25-12-14-30-15-13-25)20-17-31-23(24-20)22(18-8-4-2-5-9-18)19-10-6-3-7-11-19;2-1-3/h2-11,17,22H,12-16H2,1H3;1H,(H,2,3). The van der Waals surface area contributed by atoms with E-state index in [2.05, 4.69) is 0 Å². The maximum atomic E-state index is 12.8. The Morgan fingerprint density at radius 3 is 2.11 bits per heavy atom. The topological polar surface area (TPSA) is 117 Å². The summed E-state index contributed by atoms with van der Waals surface area (Å²) >= 11 is 1.39. The van der Waals surface area contributed by atoms with Crippen LogP contribution < -0.4 is 4.31 Å². The van der Waals surface area contributed by atoms with Gasteiger partial charge in [-0.3, -0.25) is 9.59 Å². The van der Waals surface area contributed by atoms with Crippen LogP contribution in [-0.4, -0.2) is 74.9 Å². The molecule has 1 aliphatic rings. The van der Waals surface area contributed by atoms with Crippen LogP contribution in [0.1, 0.15) is 22.1 Å². The number of aromatic nitrogens is 1. The number of morpholine rings is 1. The van der Waals surface area contributed by atoms with E-state index < -0.39 is 10.0 Å². The predicted molar refractivity (Wildman–Crippen MR) is 134 cm³/mol.